The van der Waals surface area contributed by atoms with Gasteiger partial charge in [0.2, 0.25) is 0 Å². The minimum atomic E-state index is -0.0116. The lowest BCUT2D eigenvalue weighted by atomic mass is 10.1. The minimum Gasteiger partial charge on any atom is -0.463 e. The molecule has 0 unspecified atom stereocenters. The molecular weight excluding hydrogens is 212 g/mol. The number of furan rings is 2. The number of nitrogens with zero attached hydrogens (tertiary/aromatic N) is 2. The van der Waals surface area contributed by atoms with Crippen LogP contribution in [0.5, 0.6) is 0 Å². The topological polar surface area (TPSA) is 91.5 Å². The molecule has 0 bridgehead atoms. The highest BCUT2D eigenvalue weighted by Crippen LogP contribution is 2.10. The summed E-state index contributed by atoms with van der Waals surface area (Å²) >= 11 is 0. The number of hydrogen-bond donors (Lipinski definition) is 2. The van der Waals surface area contributed by atoms with E-state index in [2.05, 4.69) is 10.3 Å². The molecule has 16 heavy (non-hydrogen) atoms. The molecule has 2 aromatic heterocycles. The van der Waals surface area contributed by atoms with Crippen LogP contribution >= 0.6 is 0 Å². The zero-order valence-corrected chi connectivity index (χ0v) is 8.07. The monoisotopic (exact) mass is 220 g/mol. The maximum absolute atomic E-state index is 8.89. The van der Waals surface area contributed by atoms with E-state index in [9.17, 15) is 0 Å². The summed E-state index contributed by atoms with van der Waals surface area (Å²) in [4.78, 5) is 0. The number of oxime groups is 2. The summed E-state index contributed by atoms with van der Waals surface area (Å²) in [6.45, 7) is 0. The summed E-state index contributed by atoms with van der Waals surface area (Å²) in [5.74, 6) is 0.540. The van der Waals surface area contributed by atoms with Crippen LogP contribution in [0.1, 0.15) is 11.5 Å². The van der Waals surface area contributed by atoms with Crippen molar-refractivity contribution in [3.63, 3.8) is 0 Å². The standard InChI is InChI=1S/C10H8N2O4/c13-11-9(7-3-1-5-15-7)10(12-14)8-4-2-6-16-8/h1-6,13-14H/b11-9-,12-10-. The van der Waals surface area contributed by atoms with Crippen LogP contribution in [0, 0.1) is 0 Å². The van der Waals surface area contributed by atoms with Gasteiger partial charge in [0, 0.05) is 0 Å². The molecule has 6 heteroatoms. The first-order valence-corrected chi connectivity index (χ1v) is 4.39. The second-order valence-corrected chi connectivity index (χ2v) is 2.85. The van der Waals surface area contributed by atoms with Gasteiger partial charge in [0.1, 0.15) is 0 Å². The summed E-state index contributed by atoms with van der Waals surface area (Å²) in [6.07, 6.45) is 2.83. The average molecular weight is 220 g/mol. The summed E-state index contributed by atoms with van der Waals surface area (Å²) in [5.41, 5.74) is -0.0232. The molecule has 0 saturated heterocycles. The van der Waals surface area contributed by atoms with Gasteiger partial charge in [-0.15, -0.1) is 0 Å². The fraction of sp³-hybridized carbons (Fsp3) is 0. The maximum atomic E-state index is 8.89. The van der Waals surface area contributed by atoms with Crippen LogP contribution in [-0.4, -0.2) is 21.8 Å². The van der Waals surface area contributed by atoms with Crippen molar-refractivity contribution in [1.82, 2.24) is 0 Å². The van der Waals surface area contributed by atoms with Crippen molar-refractivity contribution in [2.75, 3.05) is 0 Å². The predicted octanol–water partition coefficient (Wildman–Crippen LogP) is 1.93. The molecule has 0 spiro atoms. The molecule has 0 aromatic carbocycles. The Bertz CT molecular complexity index is 449. The largest absolute Gasteiger partial charge is 0.463 e. The van der Waals surface area contributed by atoms with Crippen molar-refractivity contribution >= 4 is 11.4 Å². The highest BCUT2D eigenvalue weighted by atomic mass is 16.4. The van der Waals surface area contributed by atoms with E-state index in [-0.39, 0.29) is 22.9 Å². The van der Waals surface area contributed by atoms with Crippen LogP contribution in [0.25, 0.3) is 0 Å². The first-order chi connectivity index (χ1) is 7.86. The summed E-state index contributed by atoms with van der Waals surface area (Å²) in [6, 6.07) is 6.39. The van der Waals surface area contributed by atoms with Gasteiger partial charge >= 0.3 is 0 Å². The smallest absolute Gasteiger partial charge is 0.177 e. The first kappa shape index (κ1) is 10.0. The summed E-state index contributed by atoms with van der Waals surface area (Å²) in [5, 5.41) is 23.8. The van der Waals surface area contributed by atoms with E-state index in [4.69, 9.17) is 19.2 Å². The van der Waals surface area contributed by atoms with E-state index in [0.717, 1.165) is 0 Å². The van der Waals surface area contributed by atoms with Crippen LogP contribution in [0.2, 0.25) is 0 Å². The SMILES string of the molecule is O/N=C(\C(=N/O)c1ccco1)c1ccco1. The van der Waals surface area contributed by atoms with Crippen LogP contribution in [0.3, 0.4) is 0 Å². The van der Waals surface area contributed by atoms with Crippen LogP contribution in [0.15, 0.2) is 55.9 Å². The second-order valence-electron chi connectivity index (χ2n) is 2.85. The van der Waals surface area contributed by atoms with E-state index in [1.807, 2.05) is 0 Å². The molecular formula is C10H8N2O4. The molecule has 0 aliphatic carbocycles. The van der Waals surface area contributed by atoms with Gasteiger partial charge in [-0.2, -0.15) is 0 Å². The Hall–Kier alpha value is -2.50. The molecule has 82 valence electrons. The quantitative estimate of drug-likeness (QED) is 0.469. The van der Waals surface area contributed by atoms with Gasteiger partial charge in [-0.3, -0.25) is 0 Å². The molecule has 0 aliphatic heterocycles. The summed E-state index contributed by atoms with van der Waals surface area (Å²) < 4.78 is 10.1. The van der Waals surface area contributed by atoms with Gasteiger partial charge in [0.05, 0.1) is 12.5 Å². The fourth-order valence-electron chi connectivity index (χ4n) is 1.25. The van der Waals surface area contributed by atoms with Gasteiger partial charge in [-0.25, -0.2) is 0 Å². The molecule has 0 atom stereocenters. The van der Waals surface area contributed by atoms with Crippen LogP contribution in [0.4, 0.5) is 0 Å². The Balaban J connectivity index is 2.43. The molecule has 0 fully saturated rings. The molecule has 0 radical (unpaired) electrons. The Kier molecular flexibility index (Phi) is 2.73. The van der Waals surface area contributed by atoms with E-state index in [1.54, 1.807) is 24.3 Å². The maximum Gasteiger partial charge on any atom is 0.177 e. The van der Waals surface area contributed by atoms with E-state index in [1.165, 1.54) is 12.5 Å². The van der Waals surface area contributed by atoms with Crippen molar-refractivity contribution in [3.8, 4) is 0 Å². The minimum absolute atomic E-state index is 0.0116. The lowest BCUT2D eigenvalue weighted by molar-refractivity contribution is 0.312. The third-order valence-corrected chi connectivity index (χ3v) is 1.93. The zero-order chi connectivity index (χ0) is 11.4. The fourth-order valence-corrected chi connectivity index (χ4v) is 1.25. The van der Waals surface area contributed by atoms with Gasteiger partial charge < -0.3 is 19.2 Å². The van der Waals surface area contributed by atoms with Gasteiger partial charge in [-0.05, 0) is 24.3 Å². The molecule has 0 saturated carbocycles. The van der Waals surface area contributed by atoms with Crippen molar-refractivity contribution < 1.29 is 19.2 Å². The molecule has 2 aromatic rings. The molecule has 2 heterocycles. The second kappa shape index (κ2) is 4.35. The molecule has 0 aliphatic rings. The highest BCUT2D eigenvalue weighted by Gasteiger charge is 2.20. The van der Waals surface area contributed by atoms with E-state index in [0.29, 0.717) is 0 Å². The number of hydrogen-bond acceptors (Lipinski definition) is 6. The van der Waals surface area contributed by atoms with E-state index < -0.39 is 0 Å². The molecule has 2 rings (SSSR count). The Morgan fingerprint density at radius 1 is 0.875 bits per heavy atom. The lowest BCUT2D eigenvalue weighted by Crippen LogP contribution is -2.16. The third kappa shape index (κ3) is 1.68. The molecule has 2 N–H and O–H groups in total. The first-order valence-electron chi connectivity index (χ1n) is 4.39. The molecule has 0 amide bonds. The van der Waals surface area contributed by atoms with Gasteiger partial charge in [0.15, 0.2) is 22.9 Å². The number of rotatable bonds is 3. The third-order valence-electron chi connectivity index (χ3n) is 1.93. The highest BCUT2D eigenvalue weighted by molar-refractivity contribution is 6.52. The molecule has 6 nitrogen and oxygen atoms in total. The van der Waals surface area contributed by atoms with Gasteiger partial charge in [-0.1, -0.05) is 10.3 Å². The predicted molar refractivity (Wildman–Crippen MR) is 54.1 cm³/mol. The summed E-state index contributed by atoms with van der Waals surface area (Å²) in [7, 11) is 0. The van der Waals surface area contributed by atoms with E-state index >= 15 is 0 Å². The van der Waals surface area contributed by atoms with Crippen molar-refractivity contribution in [2.24, 2.45) is 10.3 Å². The Morgan fingerprint density at radius 2 is 1.31 bits per heavy atom. The van der Waals surface area contributed by atoms with Crippen LogP contribution in [-0.2, 0) is 0 Å². The lowest BCUT2D eigenvalue weighted by Gasteiger charge is -2.00. The average Bonchev–Trinajstić information content (AvgIpc) is 2.97. The Morgan fingerprint density at radius 3 is 1.56 bits per heavy atom. The zero-order valence-electron chi connectivity index (χ0n) is 8.07. The Labute approximate surface area is 90.1 Å². The van der Waals surface area contributed by atoms with Crippen LogP contribution < -0.4 is 0 Å². The van der Waals surface area contributed by atoms with Gasteiger partial charge in [0.25, 0.3) is 0 Å². The normalized spacial score (nSPS) is 13.0. The van der Waals surface area contributed by atoms with Crippen molar-refractivity contribution in [3.05, 3.63) is 48.3 Å². The van der Waals surface area contributed by atoms with Crippen molar-refractivity contribution in [1.29, 1.82) is 0 Å². The van der Waals surface area contributed by atoms with Crippen molar-refractivity contribution in [2.45, 2.75) is 0 Å².